The lowest BCUT2D eigenvalue weighted by atomic mass is 10.2. The molecule has 9 nitrogen and oxygen atoms in total. The molecule has 9 heteroatoms. The van der Waals surface area contributed by atoms with Crippen molar-refractivity contribution in [1.82, 2.24) is 20.5 Å². The summed E-state index contributed by atoms with van der Waals surface area (Å²) >= 11 is 0. The summed E-state index contributed by atoms with van der Waals surface area (Å²) < 4.78 is 5.12. The van der Waals surface area contributed by atoms with E-state index >= 15 is 0 Å². The maximum absolute atomic E-state index is 12.0. The van der Waals surface area contributed by atoms with E-state index in [-0.39, 0.29) is 24.2 Å². The highest BCUT2D eigenvalue weighted by Gasteiger charge is 2.16. The van der Waals surface area contributed by atoms with Crippen LogP contribution >= 0.6 is 0 Å². The molecule has 26 heavy (non-hydrogen) atoms. The molecule has 1 unspecified atom stereocenters. The minimum Gasteiger partial charge on any atom is -0.467 e. The maximum atomic E-state index is 12.0. The van der Waals surface area contributed by atoms with E-state index in [1.165, 1.54) is 23.4 Å². The van der Waals surface area contributed by atoms with Gasteiger partial charge in [0, 0.05) is 25.9 Å². The van der Waals surface area contributed by atoms with Crippen LogP contribution in [-0.4, -0.2) is 47.9 Å². The van der Waals surface area contributed by atoms with E-state index in [4.69, 9.17) is 4.42 Å². The van der Waals surface area contributed by atoms with Gasteiger partial charge in [-0.2, -0.15) is 0 Å². The highest BCUT2D eigenvalue weighted by atomic mass is 16.3. The number of carbonyl (C=O) groups excluding carboxylic acids is 3. The number of aromatic nitrogens is 1. The molecule has 0 fully saturated rings. The Hall–Kier alpha value is -3.36. The first-order chi connectivity index (χ1) is 12.4. The summed E-state index contributed by atoms with van der Waals surface area (Å²) in [5, 5.41) is 7.65. The Balaban J connectivity index is 1.86. The molecule has 0 spiro atoms. The number of pyridine rings is 1. The van der Waals surface area contributed by atoms with Crippen LogP contribution in [0.5, 0.6) is 0 Å². The van der Waals surface area contributed by atoms with Crippen LogP contribution in [0.25, 0.3) is 0 Å². The van der Waals surface area contributed by atoms with Crippen molar-refractivity contribution < 1.29 is 18.8 Å². The lowest BCUT2D eigenvalue weighted by molar-refractivity contribution is -0.122. The molecule has 3 N–H and O–H groups in total. The van der Waals surface area contributed by atoms with Gasteiger partial charge in [-0.15, -0.1) is 0 Å². The van der Waals surface area contributed by atoms with Crippen molar-refractivity contribution in [3.63, 3.8) is 0 Å². The number of amides is 4. The molecule has 0 saturated carbocycles. The fourth-order valence-electron chi connectivity index (χ4n) is 2.05. The number of carbonyl (C=O) groups is 3. The SMILES string of the molecule is CC(NC(=O)Nc1cc(C(=O)N(C)C)ccn1)C(=O)NCc1ccco1. The Morgan fingerprint density at radius 3 is 2.69 bits per heavy atom. The van der Waals surface area contributed by atoms with Gasteiger partial charge < -0.3 is 20.0 Å². The van der Waals surface area contributed by atoms with Crippen LogP contribution < -0.4 is 16.0 Å². The fraction of sp³-hybridized carbons (Fsp3) is 0.294. The molecule has 2 heterocycles. The highest BCUT2D eigenvalue weighted by Crippen LogP contribution is 2.08. The minimum atomic E-state index is -0.767. The highest BCUT2D eigenvalue weighted by molar-refractivity contribution is 5.96. The van der Waals surface area contributed by atoms with Crippen molar-refractivity contribution in [2.24, 2.45) is 0 Å². The van der Waals surface area contributed by atoms with Crippen LogP contribution in [0.15, 0.2) is 41.1 Å². The topological polar surface area (TPSA) is 117 Å². The minimum absolute atomic E-state index is 0.207. The van der Waals surface area contributed by atoms with Gasteiger partial charge in [0.25, 0.3) is 5.91 Å². The Morgan fingerprint density at radius 1 is 1.27 bits per heavy atom. The molecule has 0 aliphatic heterocycles. The molecule has 0 aliphatic carbocycles. The lowest BCUT2D eigenvalue weighted by Gasteiger charge is -2.15. The first-order valence-corrected chi connectivity index (χ1v) is 7.92. The lowest BCUT2D eigenvalue weighted by Crippen LogP contribution is -2.46. The van der Waals surface area contributed by atoms with Crippen LogP contribution in [0.1, 0.15) is 23.0 Å². The molecule has 0 aromatic carbocycles. The third kappa shape index (κ3) is 5.33. The molecule has 2 rings (SSSR count). The third-order valence-corrected chi connectivity index (χ3v) is 3.41. The number of anilines is 1. The molecule has 138 valence electrons. The second-order valence-electron chi connectivity index (χ2n) is 5.75. The molecule has 0 saturated heterocycles. The molecule has 0 radical (unpaired) electrons. The van der Waals surface area contributed by atoms with Crippen LogP contribution in [0.3, 0.4) is 0 Å². The molecule has 4 amide bonds. The molecule has 0 aliphatic rings. The standard InChI is InChI=1S/C17H21N5O4/c1-11(15(23)19-10-13-5-4-8-26-13)20-17(25)21-14-9-12(6-7-18-14)16(24)22(2)3/h4-9,11H,10H2,1-3H3,(H,19,23)(H2,18,20,21,25). The van der Waals surface area contributed by atoms with Crippen molar-refractivity contribution in [3.8, 4) is 0 Å². The predicted molar refractivity (Wildman–Crippen MR) is 94.4 cm³/mol. The van der Waals surface area contributed by atoms with Gasteiger partial charge in [-0.3, -0.25) is 14.9 Å². The van der Waals surface area contributed by atoms with E-state index in [1.807, 2.05) is 0 Å². The van der Waals surface area contributed by atoms with Gasteiger partial charge >= 0.3 is 6.03 Å². The average Bonchev–Trinajstić information content (AvgIpc) is 3.12. The number of furan rings is 1. The number of hydrogen-bond acceptors (Lipinski definition) is 5. The van der Waals surface area contributed by atoms with Crippen molar-refractivity contribution in [3.05, 3.63) is 48.0 Å². The van der Waals surface area contributed by atoms with Crippen LogP contribution in [0.4, 0.5) is 10.6 Å². The monoisotopic (exact) mass is 359 g/mol. The summed E-state index contributed by atoms with van der Waals surface area (Å²) in [7, 11) is 3.26. The van der Waals surface area contributed by atoms with E-state index in [0.29, 0.717) is 11.3 Å². The zero-order valence-corrected chi connectivity index (χ0v) is 14.8. The summed E-state index contributed by atoms with van der Waals surface area (Å²) in [6, 6.07) is 5.10. The van der Waals surface area contributed by atoms with Gasteiger partial charge in [0.15, 0.2) is 0 Å². The number of nitrogens with zero attached hydrogens (tertiary/aromatic N) is 2. The van der Waals surface area contributed by atoms with E-state index in [1.54, 1.807) is 39.2 Å². The summed E-state index contributed by atoms with van der Waals surface area (Å²) in [4.78, 5) is 41.3. The second kappa shape index (κ2) is 8.65. The van der Waals surface area contributed by atoms with E-state index in [0.717, 1.165) is 0 Å². The Kier molecular flexibility index (Phi) is 6.31. The number of hydrogen-bond donors (Lipinski definition) is 3. The van der Waals surface area contributed by atoms with Gasteiger partial charge in [-0.05, 0) is 31.2 Å². The Bertz CT molecular complexity index is 773. The molecule has 1 atom stereocenters. The number of rotatable bonds is 6. The maximum Gasteiger partial charge on any atom is 0.321 e. The van der Waals surface area contributed by atoms with Gasteiger partial charge in [0.1, 0.15) is 17.6 Å². The number of nitrogens with one attached hydrogen (secondary N) is 3. The number of urea groups is 1. The van der Waals surface area contributed by atoms with Crippen LogP contribution in [-0.2, 0) is 11.3 Å². The molecule has 2 aromatic heterocycles. The van der Waals surface area contributed by atoms with Gasteiger partial charge in [-0.1, -0.05) is 0 Å². The summed E-state index contributed by atoms with van der Waals surface area (Å²) in [5.74, 6) is 0.252. The summed E-state index contributed by atoms with van der Waals surface area (Å²) in [6.07, 6.45) is 2.94. The predicted octanol–water partition coefficient (Wildman–Crippen LogP) is 1.20. The smallest absolute Gasteiger partial charge is 0.321 e. The van der Waals surface area contributed by atoms with Crippen LogP contribution in [0, 0.1) is 0 Å². The summed E-state index contributed by atoms with van der Waals surface area (Å²) in [6.45, 7) is 1.78. The largest absolute Gasteiger partial charge is 0.467 e. The normalized spacial score (nSPS) is 11.3. The van der Waals surface area contributed by atoms with Gasteiger partial charge in [-0.25, -0.2) is 9.78 Å². The Labute approximate surface area is 150 Å². The first-order valence-electron chi connectivity index (χ1n) is 7.92. The van der Waals surface area contributed by atoms with E-state index < -0.39 is 12.1 Å². The van der Waals surface area contributed by atoms with Crippen molar-refractivity contribution in [1.29, 1.82) is 0 Å². The first kappa shape index (κ1) is 19.0. The second-order valence-corrected chi connectivity index (χ2v) is 5.75. The van der Waals surface area contributed by atoms with Crippen molar-refractivity contribution in [2.45, 2.75) is 19.5 Å². The van der Waals surface area contributed by atoms with Crippen LogP contribution in [0.2, 0.25) is 0 Å². The molecule has 0 bridgehead atoms. The fourth-order valence-corrected chi connectivity index (χ4v) is 2.05. The zero-order valence-electron chi connectivity index (χ0n) is 14.8. The zero-order chi connectivity index (χ0) is 19.1. The third-order valence-electron chi connectivity index (χ3n) is 3.41. The van der Waals surface area contributed by atoms with Gasteiger partial charge in [0.2, 0.25) is 5.91 Å². The van der Waals surface area contributed by atoms with E-state index in [2.05, 4.69) is 20.9 Å². The summed E-state index contributed by atoms with van der Waals surface area (Å²) in [5.41, 5.74) is 0.393. The molecule has 2 aromatic rings. The van der Waals surface area contributed by atoms with E-state index in [9.17, 15) is 14.4 Å². The van der Waals surface area contributed by atoms with Crippen molar-refractivity contribution in [2.75, 3.05) is 19.4 Å². The Morgan fingerprint density at radius 2 is 2.04 bits per heavy atom. The van der Waals surface area contributed by atoms with Crippen molar-refractivity contribution >= 4 is 23.7 Å². The average molecular weight is 359 g/mol. The quantitative estimate of drug-likeness (QED) is 0.717. The van der Waals surface area contributed by atoms with Gasteiger partial charge in [0.05, 0.1) is 12.8 Å². The molecular formula is C17H21N5O4. The molecular weight excluding hydrogens is 338 g/mol.